The molecule has 0 unspecified atom stereocenters. The van der Waals surface area contributed by atoms with Gasteiger partial charge in [0.25, 0.3) is 0 Å². The summed E-state index contributed by atoms with van der Waals surface area (Å²) >= 11 is 0. The van der Waals surface area contributed by atoms with Gasteiger partial charge in [0.15, 0.2) is 11.4 Å². The van der Waals surface area contributed by atoms with E-state index in [9.17, 15) is 0 Å². The van der Waals surface area contributed by atoms with Gasteiger partial charge in [0, 0.05) is 37.9 Å². The van der Waals surface area contributed by atoms with Crippen molar-refractivity contribution >= 4 is 87.1 Å². The van der Waals surface area contributed by atoms with Crippen LogP contribution in [-0.2, 0) is 0 Å². The summed E-state index contributed by atoms with van der Waals surface area (Å²) in [6.45, 7) is 0. The van der Waals surface area contributed by atoms with Crippen LogP contribution in [0.3, 0.4) is 0 Å². The van der Waals surface area contributed by atoms with Crippen molar-refractivity contribution in [3.63, 3.8) is 0 Å². The Balaban J connectivity index is 1.34. The third-order valence-electron chi connectivity index (χ3n) is 11.1. The Hall–Kier alpha value is -7.30. The smallest absolute Gasteiger partial charge is 0.165 e. The molecule has 4 heteroatoms. The molecule has 250 valence electrons. The molecule has 12 aromatic rings. The van der Waals surface area contributed by atoms with E-state index < -0.39 is 0 Å². The molecule has 0 amide bonds. The molecule has 0 atom stereocenters. The lowest BCUT2D eigenvalue weighted by Crippen LogP contribution is -2.04. The summed E-state index contributed by atoms with van der Waals surface area (Å²) in [6.07, 6.45) is 0. The van der Waals surface area contributed by atoms with Gasteiger partial charge in [-0.25, -0.2) is 9.97 Å². The van der Waals surface area contributed by atoms with E-state index in [0.29, 0.717) is 0 Å². The minimum Gasteiger partial charge on any atom is -0.454 e. The van der Waals surface area contributed by atoms with E-state index >= 15 is 0 Å². The summed E-state index contributed by atoms with van der Waals surface area (Å²) < 4.78 is 9.39. The van der Waals surface area contributed by atoms with Crippen molar-refractivity contribution in [2.45, 2.75) is 0 Å². The third kappa shape index (κ3) is 4.02. The highest BCUT2D eigenvalue weighted by atomic mass is 16.3. The van der Waals surface area contributed by atoms with E-state index in [4.69, 9.17) is 14.4 Å². The SMILES string of the molecule is c1ccc(-c2cccc(-c3nc4ccccc4nc3-n3c4ccccc4c4c5c6ccccc6c6ccccc6c5c5c6ccccc6oc5c43)c2)cc1. The molecule has 4 nitrogen and oxygen atoms in total. The summed E-state index contributed by atoms with van der Waals surface area (Å²) in [5.41, 5.74) is 9.49. The molecule has 0 aliphatic rings. The molecular formula is C50H29N3O. The van der Waals surface area contributed by atoms with E-state index in [1.807, 2.05) is 18.2 Å². The second-order valence-corrected chi connectivity index (χ2v) is 14.1. The van der Waals surface area contributed by atoms with Gasteiger partial charge < -0.3 is 4.42 Å². The van der Waals surface area contributed by atoms with Crippen LogP contribution in [-0.4, -0.2) is 14.5 Å². The molecule has 0 bridgehead atoms. The Bertz CT molecular complexity index is 3500. The zero-order valence-electron chi connectivity index (χ0n) is 29.0. The minimum atomic E-state index is 0.760. The second-order valence-electron chi connectivity index (χ2n) is 14.1. The van der Waals surface area contributed by atoms with E-state index in [1.165, 1.54) is 32.3 Å². The van der Waals surface area contributed by atoms with Crippen LogP contribution in [0.5, 0.6) is 0 Å². The van der Waals surface area contributed by atoms with Crippen LogP contribution < -0.4 is 0 Å². The summed E-state index contributed by atoms with van der Waals surface area (Å²) in [5.74, 6) is 0.760. The first-order valence-corrected chi connectivity index (χ1v) is 18.3. The normalized spacial score (nSPS) is 12.1. The first-order chi connectivity index (χ1) is 26.8. The number of hydrogen-bond donors (Lipinski definition) is 0. The lowest BCUT2D eigenvalue weighted by Gasteiger charge is -2.16. The highest BCUT2D eigenvalue weighted by Crippen LogP contribution is 2.50. The Morgan fingerprint density at radius 2 is 0.944 bits per heavy atom. The van der Waals surface area contributed by atoms with Gasteiger partial charge >= 0.3 is 0 Å². The fraction of sp³-hybridized carbons (Fsp3) is 0. The fourth-order valence-corrected chi connectivity index (χ4v) is 8.87. The Morgan fingerprint density at radius 1 is 0.389 bits per heavy atom. The van der Waals surface area contributed by atoms with Gasteiger partial charge in [0.1, 0.15) is 11.3 Å². The van der Waals surface area contributed by atoms with Crippen LogP contribution in [0, 0.1) is 0 Å². The van der Waals surface area contributed by atoms with E-state index in [-0.39, 0.29) is 0 Å². The fourth-order valence-electron chi connectivity index (χ4n) is 8.87. The van der Waals surface area contributed by atoms with Gasteiger partial charge in [-0.1, -0.05) is 146 Å². The predicted octanol–water partition coefficient (Wildman–Crippen LogP) is 13.4. The lowest BCUT2D eigenvalue weighted by molar-refractivity contribution is 0.671. The van der Waals surface area contributed by atoms with E-state index in [1.54, 1.807) is 0 Å². The van der Waals surface area contributed by atoms with Crippen LogP contribution in [0.4, 0.5) is 0 Å². The molecule has 0 N–H and O–H groups in total. The largest absolute Gasteiger partial charge is 0.454 e. The maximum atomic E-state index is 7.07. The highest BCUT2D eigenvalue weighted by molar-refractivity contribution is 6.44. The molecule has 3 heterocycles. The van der Waals surface area contributed by atoms with Gasteiger partial charge in [-0.15, -0.1) is 0 Å². The van der Waals surface area contributed by atoms with Crippen molar-refractivity contribution in [2.24, 2.45) is 0 Å². The van der Waals surface area contributed by atoms with Gasteiger partial charge in [0.05, 0.1) is 22.1 Å². The van der Waals surface area contributed by atoms with Gasteiger partial charge in [-0.2, -0.15) is 0 Å². The number of aromatic nitrogens is 3. The number of benzene rings is 9. The Labute approximate surface area is 309 Å². The number of para-hydroxylation sites is 4. The molecule has 12 rings (SSSR count). The molecular weight excluding hydrogens is 659 g/mol. The first kappa shape index (κ1) is 29.3. The van der Waals surface area contributed by atoms with Crippen molar-refractivity contribution in [1.29, 1.82) is 0 Å². The van der Waals surface area contributed by atoms with Crippen LogP contribution in [0.15, 0.2) is 180 Å². The van der Waals surface area contributed by atoms with Crippen LogP contribution in [0.25, 0.3) is 115 Å². The molecule has 0 radical (unpaired) electrons. The van der Waals surface area contributed by atoms with Crippen LogP contribution >= 0.6 is 0 Å². The van der Waals surface area contributed by atoms with Gasteiger partial charge in [-0.3, -0.25) is 4.57 Å². The van der Waals surface area contributed by atoms with Crippen molar-refractivity contribution in [1.82, 2.24) is 14.5 Å². The zero-order valence-corrected chi connectivity index (χ0v) is 29.0. The molecule has 0 aliphatic carbocycles. The topological polar surface area (TPSA) is 43.9 Å². The second kappa shape index (κ2) is 11.1. The number of rotatable bonds is 3. The maximum absolute atomic E-state index is 7.07. The number of furan rings is 1. The third-order valence-corrected chi connectivity index (χ3v) is 11.1. The number of fused-ring (bicyclic) bond motifs is 16. The molecule has 9 aromatic carbocycles. The quantitative estimate of drug-likeness (QED) is 0.174. The average Bonchev–Trinajstić information content (AvgIpc) is 3.80. The standard InChI is InChI=1S/C50H29N3O/c1-2-15-30(16-3-1)31-17-14-18-32(29-31)47-50(52-40-26-11-10-25-39(40)51-47)53-41-27-12-8-23-37(41)45-43-35-21-6-4-19-33(35)34-20-5-7-22-36(34)44(43)46-38-24-9-13-28-42(38)54-49(46)48(45)53/h1-29H. The summed E-state index contributed by atoms with van der Waals surface area (Å²) in [7, 11) is 0. The van der Waals surface area contributed by atoms with Gasteiger partial charge in [-0.05, 0) is 63.0 Å². The average molecular weight is 688 g/mol. The number of nitrogens with zero attached hydrogens (tertiary/aromatic N) is 3. The molecule has 3 aromatic heterocycles. The highest BCUT2D eigenvalue weighted by Gasteiger charge is 2.27. The lowest BCUT2D eigenvalue weighted by atomic mass is 9.89. The predicted molar refractivity (Wildman–Crippen MR) is 225 cm³/mol. The van der Waals surface area contributed by atoms with Crippen molar-refractivity contribution in [2.75, 3.05) is 0 Å². The molecule has 0 saturated carbocycles. The number of hydrogen-bond acceptors (Lipinski definition) is 3. The van der Waals surface area contributed by atoms with Crippen LogP contribution in [0.1, 0.15) is 0 Å². The van der Waals surface area contributed by atoms with Crippen molar-refractivity contribution in [3.05, 3.63) is 176 Å². The molecule has 54 heavy (non-hydrogen) atoms. The summed E-state index contributed by atoms with van der Waals surface area (Å²) in [5, 5.41) is 11.8. The first-order valence-electron chi connectivity index (χ1n) is 18.3. The van der Waals surface area contributed by atoms with Crippen molar-refractivity contribution in [3.8, 4) is 28.2 Å². The Kier molecular flexibility index (Phi) is 6.02. The molecule has 0 fully saturated rings. The summed E-state index contributed by atoms with van der Waals surface area (Å²) in [6, 6.07) is 62.1. The maximum Gasteiger partial charge on any atom is 0.165 e. The molecule has 0 saturated heterocycles. The van der Waals surface area contributed by atoms with Crippen molar-refractivity contribution < 1.29 is 4.42 Å². The van der Waals surface area contributed by atoms with Gasteiger partial charge in [0.2, 0.25) is 0 Å². The molecule has 0 aliphatic heterocycles. The minimum absolute atomic E-state index is 0.760. The van der Waals surface area contributed by atoms with E-state index in [0.717, 1.165) is 83.0 Å². The van der Waals surface area contributed by atoms with E-state index in [2.05, 4.69) is 162 Å². The Morgan fingerprint density at radius 3 is 1.70 bits per heavy atom. The summed E-state index contributed by atoms with van der Waals surface area (Å²) in [4.78, 5) is 10.9. The monoisotopic (exact) mass is 687 g/mol. The van der Waals surface area contributed by atoms with Crippen LogP contribution in [0.2, 0.25) is 0 Å². The molecule has 0 spiro atoms. The zero-order chi connectivity index (χ0) is 35.3.